The third-order valence-corrected chi connectivity index (χ3v) is 5.53. The maximum atomic E-state index is 5.67. The first kappa shape index (κ1) is 14.6. The average molecular weight is 289 g/mol. The molecule has 0 saturated heterocycles. The lowest BCUT2D eigenvalue weighted by Crippen LogP contribution is -2.46. The van der Waals surface area contributed by atoms with E-state index in [-0.39, 0.29) is 6.10 Å². The van der Waals surface area contributed by atoms with Crippen molar-refractivity contribution in [2.24, 2.45) is 16.7 Å². The molecule has 1 aromatic rings. The topological polar surface area (TPSA) is 47.0 Å². The third-order valence-electron chi connectivity index (χ3n) is 5.53. The molecule has 4 nitrogen and oxygen atoms in total. The third kappa shape index (κ3) is 2.49. The second kappa shape index (κ2) is 4.85. The smallest absolute Gasteiger partial charge is 0.226 e. The molecule has 2 fully saturated rings. The molecular formula is C17H27N3O. The van der Waals surface area contributed by atoms with Gasteiger partial charge in [0.05, 0.1) is 6.10 Å². The van der Waals surface area contributed by atoms with E-state index in [0.29, 0.717) is 28.7 Å². The molecule has 0 aromatic carbocycles. The highest BCUT2D eigenvalue weighted by atomic mass is 16.5. The number of ether oxygens (including phenoxy) is 1. The highest BCUT2D eigenvalue weighted by molar-refractivity contribution is 5.33. The van der Waals surface area contributed by atoms with E-state index >= 15 is 0 Å². The largest absolute Gasteiger partial charge is 0.475 e. The van der Waals surface area contributed by atoms with Crippen LogP contribution in [0.3, 0.4) is 0 Å². The summed E-state index contributed by atoms with van der Waals surface area (Å²) in [4.78, 5) is 8.90. The van der Waals surface area contributed by atoms with Crippen LogP contribution in [0.4, 0.5) is 5.95 Å². The molecule has 3 rings (SSSR count). The number of nitrogens with one attached hydrogen (secondary N) is 1. The van der Waals surface area contributed by atoms with E-state index in [2.05, 4.69) is 36.1 Å². The van der Waals surface area contributed by atoms with E-state index in [0.717, 1.165) is 5.92 Å². The van der Waals surface area contributed by atoms with Crippen molar-refractivity contribution in [2.45, 2.75) is 66.0 Å². The molecule has 0 spiro atoms. The molecule has 2 bridgehead atoms. The maximum Gasteiger partial charge on any atom is 0.226 e. The van der Waals surface area contributed by atoms with E-state index in [1.165, 1.54) is 19.3 Å². The lowest BCUT2D eigenvalue weighted by molar-refractivity contribution is 0.154. The molecule has 0 aliphatic heterocycles. The van der Waals surface area contributed by atoms with E-state index in [1.54, 1.807) is 6.20 Å². The zero-order valence-corrected chi connectivity index (χ0v) is 13.8. The van der Waals surface area contributed by atoms with Gasteiger partial charge in [0, 0.05) is 18.3 Å². The Morgan fingerprint density at radius 1 is 1.33 bits per heavy atom. The highest BCUT2D eigenvalue weighted by Crippen LogP contribution is 2.62. The average Bonchev–Trinajstić information content (AvgIpc) is 2.86. The van der Waals surface area contributed by atoms with Crippen LogP contribution in [0.5, 0.6) is 5.88 Å². The molecule has 3 atom stereocenters. The van der Waals surface area contributed by atoms with E-state index in [1.807, 2.05) is 19.9 Å². The number of aromatic nitrogens is 2. The van der Waals surface area contributed by atoms with Gasteiger partial charge in [-0.25, -0.2) is 4.98 Å². The van der Waals surface area contributed by atoms with Crippen molar-refractivity contribution in [3.8, 4) is 5.88 Å². The Balaban J connectivity index is 1.80. The minimum atomic E-state index is 0.129. The molecule has 2 aliphatic carbocycles. The first-order valence-corrected chi connectivity index (χ1v) is 8.07. The molecule has 2 aliphatic rings. The van der Waals surface area contributed by atoms with E-state index in [9.17, 15) is 0 Å². The van der Waals surface area contributed by atoms with Gasteiger partial charge in [0.2, 0.25) is 11.8 Å². The Labute approximate surface area is 127 Å². The number of anilines is 1. The first-order valence-electron chi connectivity index (χ1n) is 8.07. The number of fused-ring (bicyclic) bond motifs is 2. The van der Waals surface area contributed by atoms with Gasteiger partial charge in [0.1, 0.15) is 0 Å². The van der Waals surface area contributed by atoms with E-state index < -0.39 is 0 Å². The number of hydrogen-bond donors (Lipinski definition) is 1. The number of hydrogen-bond acceptors (Lipinski definition) is 4. The monoisotopic (exact) mass is 289 g/mol. The van der Waals surface area contributed by atoms with Gasteiger partial charge in [-0.1, -0.05) is 20.8 Å². The molecule has 0 radical (unpaired) electrons. The quantitative estimate of drug-likeness (QED) is 0.913. The fourth-order valence-electron chi connectivity index (χ4n) is 4.51. The first-order chi connectivity index (χ1) is 9.81. The summed E-state index contributed by atoms with van der Waals surface area (Å²) in [5, 5.41) is 3.61. The van der Waals surface area contributed by atoms with Gasteiger partial charge < -0.3 is 10.1 Å². The number of nitrogens with zero attached hydrogens (tertiary/aromatic N) is 2. The Kier molecular flexibility index (Phi) is 3.38. The van der Waals surface area contributed by atoms with Crippen LogP contribution in [0.2, 0.25) is 0 Å². The Morgan fingerprint density at radius 3 is 2.71 bits per heavy atom. The van der Waals surface area contributed by atoms with Gasteiger partial charge >= 0.3 is 0 Å². The molecule has 1 heterocycles. The fourth-order valence-corrected chi connectivity index (χ4v) is 4.51. The Morgan fingerprint density at radius 2 is 2.10 bits per heavy atom. The van der Waals surface area contributed by atoms with E-state index in [4.69, 9.17) is 4.74 Å². The molecule has 0 amide bonds. The van der Waals surface area contributed by atoms with Gasteiger partial charge in [-0.3, -0.25) is 0 Å². The van der Waals surface area contributed by atoms with Crippen LogP contribution in [0.15, 0.2) is 12.3 Å². The van der Waals surface area contributed by atoms with Crippen molar-refractivity contribution in [3.63, 3.8) is 0 Å². The molecule has 1 aromatic heterocycles. The van der Waals surface area contributed by atoms with Crippen LogP contribution >= 0.6 is 0 Å². The molecule has 4 heteroatoms. The molecule has 2 saturated carbocycles. The van der Waals surface area contributed by atoms with Crippen LogP contribution < -0.4 is 10.1 Å². The minimum absolute atomic E-state index is 0.129. The lowest BCUT2D eigenvalue weighted by Gasteiger charge is -2.43. The molecule has 3 unspecified atom stereocenters. The maximum absolute atomic E-state index is 5.67. The zero-order chi connectivity index (χ0) is 15.3. The predicted octanol–water partition coefficient (Wildman–Crippen LogP) is 3.89. The van der Waals surface area contributed by atoms with Gasteiger partial charge in [0.15, 0.2) is 0 Å². The van der Waals surface area contributed by atoms with Crippen molar-refractivity contribution in [1.29, 1.82) is 0 Å². The summed E-state index contributed by atoms with van der Waals surface area (Å²) >= 11 is 0. The van der Waals surface area contributed by atoms with Crippen LogP contribution in [-0.2, 0) is 0 Å². The van der Waals surface area contributed by atoms with Crippen LogP contribution in [-0.4, -0.2) is 22.1 Å². The summed E-state index contributed by atoms with van der Waals surface area (Å²) < 4.78 is 5.67. The van der Waals surface area contributed by atoms with Gasteiger partial charge in [-0.2, -0.15) is 4.98 Å². The summed E-state index contributed by atoms with van der Waals surface area (Å²) in [5.41, 5.74) is 0.664. The summed E-state index contributed by atoms with van der Waals surface area (Å²) in [6, 6.07) is 2.25. The molecule has 116 valence electrons. The molecule has 21 heavy (non-hydrogen) atoms. The van der Waals surface area contributed by atoms with Crippen molar-refractivity contribution in [2.75, 3.05) is 5.32 Å². The normalized spacial score (nSPS) is 33.4. The SMILES string of the molecule is CC(C)Oc1ccnc(NC2C3(C)CCC(C3)C2(C)C)n1. The second-order valence-electron chi connectivity index (χ2n) is 7.88. The van der Waals surface area contributed by atoms with Crippen molar-refractivity contribution < 1.29 is 4.74 Å². The summed E-state index contributed by atoms with van der Waals surface area (Å²) in [7, 11) is 0. The number of rotatable bonds is 4. The molecule has 1 N–H and O–H groups in total. The summed E-state index contributed by atoms with van der Waals surface area (Å²) in [6.45, 7) is 11.2. The Hall–Kier alpha value is -1.32. The van der Waals surface area contributed by atoms with Crippen LogP contribution in [0, 0.1) is 16.7 Å². The van der Waals surface area contributed by atoms with Crippen LogP contribution in [0.1, 0.15) is 53.9 Å². The zero-order valence-electron chi connectivity index (χ0n) is 13.8. The van der Waals surface area contributed by atoms with Crippen LogP contribution in [0.25, 0.3) is 0 Å². The van der Waals surface area contributed by atoms with Crippen molar-refractivity contribution in [1.82, 2.24) is 9.97 Å². The van der Waals surface area contributed by atoms with Crippen molar-refractivity contribution in [3.05, 3.63) is 12.3 Å². The standard InChI is InChI=1S/C17H27N3O/c1-11(2)21-13-7-9-18-15(19-13)20-14-16(3,4)12-6-8-17(14,5)10-12/h7,9,11-12,14H,6,8,10H2,1-5H3,(H,18,19,20). The van der Waals surface area contributed by atoms with Crippen molar-refractivity contribution >= 4 is 5.95 Å². The summed E-state index contributed by atoms with van der Waals surface area (Å²) in [6.07, 6.45) is 5.89. The highest BCUT2D eigenvalue weighted by Gasteiger charge is 2.59. The Bertz CT molecular complexity index is 524. The minimum Gasteiger partial charge on any atom is -0.475 e. The summed E-state index contributed by atoms with van der Waals surface area (Å²) in [5.74, 6) is 2.16. The van der Waals surface area contributed by atoms with Gasteiger partial charge in [-0.05, 0) is 49.9 Å². The predicted molar refractivity (Wildman–Crippen MR) is 84.4 cm³/mol. The lowest BCUT2D eigenvalue weighted by atomic mass is 9.68. The van der Waals surface area contributed by atoms with Gasteiger partial charge in [0.25, 0.3) is 0 Å². The molecular weight excluding hydrogens is 262 g/mol. The fraction of sp³-hybridized carbons (Fsp3) is 0.765. The van der Waals surface area contributed by atoms with Gasteiger partial charge in [-0.15, -0.1) is 0 Å². The second-order valence-corrected chi connectivity index (χ2v) is 7.88.